The molecule has 8 heteroatoms. The van der Waals surface area contributed by atoms with E-state index in [1.54, 1.807) is 48.5 Å². The predicted octanol–water partition coefficient (Wildman–Crippen LogP) is 4.77. The van der Waals surface area contributed by atoms with Gasteiger partial charge < -0.3 is 10.2 Å². The highest BCUT2D eigenvalue weighted by Crippen LogP contribution is 2.29. The molecule has 1 atom stereocenters. The Morgan fingerprint density at radius 3 is 2.40 bits per heavy atom. The zero-order valence-corrected chi connectivity index (χ0v) is 17.4. The third-order valence-corrected chi connectivity index (χ3v) is 5.86. The van der Waals surface area contributed by atoms with Gasteiger partial charge in [-0.15, -0.1) is 11.3 Å². The number of hydrogen-bond acceptors (Lipinski definition) is 4. The molecule has 3 aromatic rings. The van der Waals surface area contributed by atoms with Crippen molar-refractivity contribution in [2.45, 2.75) is 19.0 Å². The van der Waals surface area contributed by atoms with Crippen molar-refractivity contribution in [3.8, 4) is 0 Å². The van der Waals surface area contributed by atoms with Crippen LogP contribution in [0.3, 0.4) is 0 Å². The largest absolute Gasteiger partial charge is 0.332 e. The summed E-state index contributed by atoms with van der Waals surface area (Å²) in [4.78, 5) is 42.5. The van der Waals surface area contributed by atoms with Gasteiger partial charge in [0.05, 0.1) is 18.7 Å². The van der Waals surface area contributed by atoms with Crippen molar-refractivity contribution < 1.29 is 14.4 Å². The van der Waals surface area contributed by atoms with E-state index >= 15 is 0 Å². The number of para-hydroxylation sites is 1. The summed E-state index contributed by atoms with van der Waals surface area (Å²) >= 11 is 7.37. The number of amides is 4. The van der Waals surface area contributed by atoms with Crippen molar-refractivity contribution in [2.24, 2.45) is 0 Å². The number of rotatable bonds is 6. The number of nitrogens with one attached hydrogen (secondary N) is 1. The Balaban J connectivity index is 1.57. The average Bonchev–Trinajstić information content (AvgIpc) is 3.33. The van der Waals surface area contributed by atoms with Gasteiger partial charge in [-0.3, -0.25) is 9.59 Å². The summed E-state index contributed by atoms with van der Waals surface area (Å²) in [6.07, 6.45) is -0.137. The average molecular weight is 440 g/mol. The smallest absolute Gasteiger partial charge is 0.326 e. The first-order valence-corrected chi connectivity index (χ1v) is 10.6. The number of urea groups is 1. The van der Waals surface area contributed by atoms with Crippen LogP contribution in [-0.2, 0) is 16.1 Å². The molecule has 1 aromatic heterocycles. The fraction of sp³-hybridized carbons (Fsp3) is 0.136. The Bertz CT molecular complexity index is 1060. The van der Waals surface area contributed by atoms with Crippen LogP contribution in [0.1, 0.15) is 11.3 Å². The Hall–Kier alpha value is -3.16. The van der Waals surface area contributed by atoms with E-state index in [1.165, 1.54) is 16.2 Å². The molecule has 6 nitrogen and oxygen atoms in total. The number of thiophene rings is 1. The standard InChI is InChI=1S/C22H18ClN3O3S/c23-15-8-10-16(11-9-15)24-20(27)13-19-21(28)26(17-5-2-1-3-6-17)22(29)25(19)14-18-7-4-12-30-18/h1-12,19H,13-14H2,(H,24,27)/t19-/m1/s1. The minimum Gasteiger partial charge on any atom is -0.326 e. The number of imide groups is 1. The van der Waals surface area contributed by atoms with Gasteiger partial charge in [-0.1, -0.05) is 35.9 Å². The van der Waals surface area contributed by atoms with E-state index in [0.717, 1.165) is 9.78 Å². The van der Waals surface area contributed by atoms with Gasteiger partial charge in [0, 0.05) is 15.6 Å². The quantitative estimate of drug-likeness (QED) is 0.562. The van der Waals surface area contributed by atoms with Crippen LogP contribution in [0, 0.1) is 0 Å². The van der Waals surface area contributed by atoms with Gasteiger partial charge in [0.25, 0.3) is 5.91 Å². The molecular formula is C22H18ClN3O3S. The predicted molar refractivity (Wildman–Crippen MR) is 118 cm³/mol. The molecule has 0 spiro atoms. The lowest BCUT2D eigenvalue weighted by molar-refractivity contribution is -0.124. The van der Waals surface area contributed by atoms with Crippen LogP contribution >= 0.6 is 22.9 Å². The maximum atomic E-state index is 13.2. The van der Waals surface area contributed by atoms with Crippen molar-refractivity contribution >= 4 is 52.2 Å². The highest BCUT2D eigenvalue weighted by molar-refractivity contribution is 7.09. The summed E-state index contributed by atoms with van der Waals surface area (Å²) in [5, 5.41) is 5.23. The molecule has 1 saturated heterocycles. The molecule has 0 aliphatic carbocycles. The molecule has 2 aromatic carbocycles. The van der Waals surface area contributed by atoms with Crippen LogP contribution in [-0.4, -0.2) is 28.8 Å². The van der Waals surface area contributed by atoms with Crippen LogP contribution in [0.15, 0.2) is 72.1 Å². The molecule has 4 rings (SSSR count). The minimum atomic E-state index is -0.882. The van der Waals surface area contributed by atoms with Crippen LogP contribution in [0.4, 0.5) is 16.2 Å². The zero-order valence-electron chi connectivity index (χ0n) is 15.8. The van der Waals surface area contributed by atoms with Gasteiger partial charge in [-0.25, -0.2) is 9.69 Å². The molecule has 2 heterocycles. The molecule has 1 aliphatic rings. The third kappa shape index (κ3) is 4.22. The molecule has 0 saturated carbocycles. The highest BCUT2D eigenvalue weighted by Gasteiger charge is 2.46. The molecule has 1 fully saturated rings. The fourth-order valence-corrected chi connectivity index (χ4v) is 4.15. The topological polar surface area (TPSA) is 69.7 Å². The molecule has 152 valence electrons. The number of nitrogens with zero attached hydrogens (tertiary/aromatic N) is 2. The highest BCUT2D eigenvalue weighted by atomic mass is 35.5. The summed E-state index contributed by atoms with van der Waals surface area (Å²) in [6, 6.07) is 17.9. The Morgan fingerprint density at radius 2 is 1.73 bits per heavy atom. The number of carbonyl (C=O) groups excluding carboxylic acids is 3. The summed E-state index contributed by atoms with van der Waals surface area (Å²) in [6.45, 7) is 0.268. The van der Waals surface area contributed by atoms with E-state index in [4.69, 9.17) is 11.6 Å². The van der Waals surface area contributed by atoms with Crippen LogP contribution in [0.5, 0.6) is 0 Å². The summed E-state index contributed by atoms with van der Waals surface area (Å²) in [5.41, 5.74) is 1.06. The van der Waals surface area contributed by atoms with E-state index < -0.39 is 18.0 Å². The van der Waals surface area contributed by atoms with Crippen molar-refractivity contribution in [3.05, 3.63) is 82.0 Å². The van der Waals surface area contributed by atoms with Gasteiger partial charge >= 0.3 is 6.03 Å². The number of carbonyl (C=O) groups is 3. The van der Waals surface area contributed by atoms with Crippen LogP contribution < -0.4 is 10.2 Å². The van der Waals surface area contributed by atoms with Gasteiger partial charge in [-0.05, 0) is 47.8 Å². The summed E-state index contributed by atoms with van der Waals surface area (Å²) < 4.78 is 0. The van der Waals surface area contributed by atoms with E-state index in [-0.39, 0.29) is 18.9 Å². The van der Waals surface area contributed by atoms with Crippen LogP contribution in [0.2, 0.25) is 5.02 Å². The number of benzene rings is 2. The first-order valence-electron chi connectivity index (χ1n) is 9.30. The Kier molecular flexibility index (Phi) is 5.83. The minimum absolute atomic E-state index is 0.137. The third-order valence-electron chi connectivity index (χ3n) is 4.75. The van der Waals surface area contributed by atoms with Crippen molar-refractivity contribution in [2.75, 3.05) is 10.2 Å². The normalized spacial score (nSPS) is 16.2. The second kappa shape index (κ2) is 8.69. The summed E-state index contributed by atoms with van der Waals surface area (Å²) in [5.74, 6) is -0.761. The second-order valence-corrected chi connectivity index (χ2v) is 8.24. The molecule has 4 amide bonds. The lowest BCUT2D eigenvalue weighted by Crippen LogP contribution is -2.37. The van der Waals surface area contributed by atoms with Crippen molar-refractivity contribution in [3.63, 3.8) is 0 Å². The SMILES string of the molecule is O=C(C[C@@H]1C(=O)N(c2ccccc2)C(=O)N1Cc1cccs1)Nc1ccc(Cl)cc1. The van der Waals surface area contributed by atoms with E-state index in [1.807, 2.05) is 23.6 Å². The fourth-order valence-electron chi connectivity index (χ4n) is 3.32. The van der Waals surface area contributed by atoms with Crippen molar-refractivity contribution in [1.29, 1.82) is 0 Å². The Labute approximate surface area is 182 Å². The number of anilines is 2. The first kappa shape index (κ1) is 20.1. The lowest BCUT2D eigenvalue weighted by atomic mass is 10.1. The van der Waals surface area contributed by atoms with Crippen LogP contribution in [0.25, 0.3) is 0 Å². The monoisotopic (exact) mass is 439 g/mol. The van der Waals surface area contributed by atoms with E-state index in [9.17, 15) is 14.4 Å². The first-order chi connectivity index (χ1) is 14.5. The molecule has 0 bridgehead atoms. The van der Waals surface area contributed by atoms with Gasteiger partial charge in [0.1, 0.15) is 6.04 Å². The second-order valence-electron chi connectivity index (χ2n) is 6.77. The van der Waals surface area contributed by atoms with Gasteiger partial charge in [0.2, 0.25) is 5.91 Å². The maximum Gasteiger partial charge on any atom is 0.332 e. The molecule has 0 unspecified atom stereocenters. The maximum absolute atomic E-state index is 13.2. The van der Waals surface area contributed by atoms with Gasteiger partial charge in [-0.2, -0.15) is 0 Å². The Morgan fingerprint density at radius 1 is 1.00 bits per heavy atom. The van der Waals surface area contributed by atoms with Crippen molar-refractivity contribution in [1.82, 2.24) is 4.90 Å². The molecular weight excluding hydrogens is 422 g/mol. The number of halogens is 1. The number of hydrogen-bond donors (Lipinski definition) is 1. The molecule has 1 aliphatic heterocycles. The van der Waals surface area contributed by atoms with E-state index in [2.05, 4.69) is 5.32 Å². The molecule has 0 radical (unpaired) electrons. The lowest BCUT2D eigenvalue weighted by Gasteiger charge is -2.21. The molecule has 1 N–H and O–H groups in total. The molecule has 30 heavy (non-hydrogen) atoms. The zero-order chi connectivity index (χ0) is 21.1. The summed E-state index contributed by atoms with van der Waals surface area (Å²) in [7, 11) is 0. The van der Waals surface area contributed by atoms with E-state index in [0.29, 0.717) is 16.4 Å². The van der Waals surface area contributed by atoms with Gasteiger partial charge in [0.15, 0.2) is 0 Å².